The lowest BCUT2D eigenvalue weighted by Gasteiger charge is -2.70. The largest absolute Gasteiger partial charge is 0.522 e. The van der Waals surface area contributed by atoms with Gasteiger partial charge in [0.25, 0.3) is 0 Å². The summed E-state index contributed by atoms with van der Waals surface area (Å²) in [6.07, 6.45) is -0.0282. The van der Waals surface area contributed by atoms with Crippen molar-refractivity contribution in [3.63, 3.8) is 0 Å². The van der Waals surface area contributed by atoms with Crippen LogP contribution in [0.2, 0.25) is 5.02 Å². The predicted octanol–water partition coefficient (Wildman–Crippen LogP) is 4.17. The first kappa shape index (κ1) is 21.7. The van der Waals surface area contributed by atoms with Gasteiger partial charge >= 0.3 is 6.36 Å². The number of nitrogens with zero attached hydrogens (tertiary/aromatic N) is 2. The minimum atomic E-state index is -4.65. The van der Waals surface area contributed by atoms with Gasteiger partial charge in [-0.25, -0.2) is 9.37 Å². The smallest absolute Gasteiger partial charge is 0.368 e. The molecule has 4 aliphatic carbocycles. The highest BCUT2D eigenvalue weighted by molar-refractivity contribution is 6.30. The van der Waals surface area contributed by atoms with Crippen molar-refractivity contribution >= 4 is 17.5 Å². The summed E-state index contributed by atoms with van der Waals surface area (Å²) in [6.45, 7) is -0.191. The number of hydrogen-bond donors (Lipinski definition) is 1. The number of hydrogen-bond acceptors (Lipinski definition) is 4. The molecule has 4 saturated carbocycles. The average molecular weight is 474 g/mol. The maximum Gasteiger partial charge on any atom is 0.522 e. The summed E-state index contributed by atoms with van der Waals surface area (Å²) in [5, 5.41) is 3.29. The summed E-state index contributed by atoms with van der Waals surface area (Å²) in [5.41, 5.74) is 0.457. The number of carbonyl (C=O) groups excluding carboxylic acids is 1. The third-order valence-electron chi connectivity index (χ3n) is 6.55. The molecule has 2 bridgehead atoms. The fourth-order valence-electron chi connectivity index (χ4n) is 5.02. The van der Waals surface area contributed by atoms with E-state index in [0.29, 0.717) is 16.3 Å². The number of alkyl halides is 3. The maximum absolute atomic E-state index is 14.2. The summed E-state index contributed by atoms with van der Waals surface area (Å²) in [4.78, 5) is 16.5. The highest BCUT2D eigenvalue weighted by Crippen LogP contribution is 2.65. The summed E-state index contributed by atoms with van der Waals surface area (Å²) in [5.74, 6) is -0.722. The Balaban J connectivity index is 1.08. The molecule has 172 valence electrons. The van der Waals surface area contributed by atoms with Crippen LogP contribution in [0.3, 0.4) is 0 Å². The molecule has 0 radical (unpaired) electrons. The van der Waals surface area contributed by atoms with Crippen LogP contribution in [-0.4, -0.2) is 46.2 Å². The molecule has 6 nitrogen and oxygen atoms in total. The Kier molecular flexibility index (Phi) is 5.03. The molecule has 32 heavy (non-hydrogen) atoms. The number of aromatic nitrogens is 2. The summed E-state index contributed by atoms with van der Waals surface area (Å²) in [6, 6.07) is 4.45. The van der Waals surface area contributed by atoms with Crippen molar-refractivity contribution in [2.75, 3.05) is 6.61 Å². The van der Waals surface area contributed by atoms with Gasteiger partial charge in [-0.15, -0.1) is 13.2 Å². The minimum Gasteiger partial charge on any atom is -0.368 e. The van der Waals surface area contributed by atoms with Gasteiger partial charge in [-0.3, -0.25) is 9.53 Å². The maximum atomic E-state index is 14.2. The van der Waals surface area contributed by atoms with E-state index in [2.05, 4.69) is 15.0 Å². The number of benzene rings is 1. The molecular weight excluding hydrogens is 454 g/mol. The lowest BCUT2D eigenvalue weighted by Crippen LogP contribution is -2.78. The van der Waals surface area contributed by atoms with Crippen molar-refractivity contribution in [1.82, 2.24) is 14.9 Å². The van der Waals surface area contributed by atoms with Gasteiger partial charge in [0.15, 0.2) is 0 Å². The quantitative estimate of drug-likeness (QED) is 0.613. The van der Waals surface area contributed by atoms with Crippen LogP contribution in [0.15, 0.2) is 30.7 Å². The fraction of sp³-hybridized carbons (Fsp3) is 0.524. The highest BCUT2D eigenvalue weighted by Gasteiger charge is 2.69. The van der Waals surface area contributed by atoms with E-state index in [1.807, 2.05) is 4.57 Å². The van der Waals surface area contributed by atoms with E-state index in [9.17, 15) is 22.4 Å². The Morgan fingerprint density at radius 1 is 1.25 bits per heavy atom. The Morgan fingerprint density at radius 2 is 1.97 bits per heavy atom. The minimum absolute atomic E-state index is 0.123. The molecule has 0 aliphatic heterocycles. The second-order valence-corrected chi connectivity index (χ2v) is 9.40. The molecule has 0 unspecified atom stereocenters. The van der Waals surface area contributed by atoms with Crippen LogP contribution >= 0.6 is 11.6 Å². The number of nitrogens with one attached hydrogen (secondary N) is 1. The lowest BCUT2D eigenvalue weighted by atomic mass is 9.44. The molecule has 4 fully saturated rings. The van der Waals surface area contributed by atoms with E-state index in [0.717, 1.165) is 19.3 Å². The molecule has 4 aliphatic rings. The van der Waals surface area contributed by atoms with Gasteiger partial charge in [-0.05, 0) is 37.5 Å². The second-order valence-electron chi connectivity index (χ2n) is 8.96. The second kappa shape index (κ2) is 7.43. The van der Waals surface area contributed by atoms with Gasteiger partial charge < -0.3 is 14.6 Å². The molecule has 1 N–H and O–H groups in total. The Morgan fingerprint density at radius 3 is 2.62 bits per heavy atom. The van der Waals surface area contributed by atoms with Gasteiger partial charge in [0.1, 0.15) is 12.4 Å². The molecule has 1 heterocycles. The predicted molar refractivity (Wildman–Crippen MR) is 105 cm³/mol. The number of imidazole rings is 1. The summed E-state index contributed by atoms with van der Waals surface area (Å²) in [7, 11) is 0. The number of ether oxygens (including phenoxy) is 2. The number of carbonyl (C=O) groups is 1. The third kappa shape index (κ3) is 3.99. The van der Waals surface area contributed by atoms with Crippen molar-refractivity contribution in [1.29, 1.82) is 0 Å². The summed E-state index contributed by atoms with van der Waals surface area (Å²) < 4.78 is 61.8. The van der Waals surface area contributed by atoms with Gasteiger partial charge in [-0.2, -0.15) is 0 Å². The van der Waals surface area contributed by atoms with E-state index in [1.54, 1.807) is 24.7 Å². The molecular formula is C21H20ClF4N3O3. The Labute approximate surface area is 185 Å². The highest BCUT2D eigenvalue weighted by atomic mass is 35.5. The molecule has 0 saturated heterocycles. The topological polar surface area (TPSA) is 65.4 Å². The number of halogens is 5. The van der Waals surface area contributed by atoms with Crippen molar-refractivity contribution in [3.8, 4) is 11.3 Å². The van der Waals surface area contributed by atoms with Crippen molar-refractivity contribution in [3.05, 3.63) is 41.6 Å². The van der Waals surface area contributed by atoms with Gasteiger partial charge in [-0.1, -0.05) is 11.6 Å². The van der Waals surface area contributed by atoms with Gasteiger partial charge in [0, 0.05) is 35.2 Å². The monoisotopic (exact) mass is 473 g/mol. The van der Waals surface area contributed by atoms with Crippen molar-refractivity contribution in [2.45, 2.75) is 61.8 Å². The zero-order chi connectivity index (χ0) is 22.7. The molecule has 1 aromatic carbocycles. The number of amides is 1. The van der Waals surface area contributed by atoms with Crippen LogP contribution in [0.1, 0.15) is 32.1 Å². The normalized spacial score (nSPS) is 30.8. The zero-order valence-corrected chi connectivity index (χ0v) is 17.5. The van der Waals surface area contributed by atoms with Crippen LogP contribution < -0.4 is 5.32 Å². The van der Waals surface area contributed by atoms with Gasteiger partial charge in [0.2, 0.25) is 5.91 Å². The first-order valence-corrected chi connectivity index (χ1v) is 10.6. The van der Waals surface area contributed by atoms with E-state index < -0.39 is 24.4 Å². The van der Waals surface area contributed by atoms with Crippen LogP contribution in [0, 0.1) is 5.82 Å². The van der Waals surface area contributed by atoms with E-state index >= 15 is 0 Å². The molecule has 0 atom stereocenters. The van der Waals surface area contributed by atoms with Crippen molar-refractivity contribution < 1.29 is 31.8 Å². The molecule has 11 heteroatoms. The standard InChI is InChI=1S/C21H20ClF4N3O3/c22-12-1-2-15(16(23)3-12)17-6-29(11-27-17)20-8-19(9-20,10-20)28-18(30)7-31-13-4-14(5-13)32-21(24,25)26/h1-3,6,11,13-14H,4-5,7-10H2,(H,28,30). The molecule has 1 amide bonds. The van der Waals surface area contributed by atoms with E-state index in [4.69, 9.17) is 16.3 Å². The SMILES string of the molecule is O=C(COC1CC(OC(F)(F)F)C1)NC12CC(n3cnc(-c4ccc(Cl)cc4F)c3)(C1)C2. The van der Waals surface area contributed by atoms with Crippen LogP contribution in [0.4, 0.5) is 17.6 Å². The lowest BCUT2D eigenvalue weighted by molar-refractivity contribution is -0.357. The van der Waals surface area contributed by atoms with Crippen LogP contribution in [-0.2, 0) is 19.8 Å². The van der Waals surface area contributed by atoms with E-state index in [1.165, 1.54) is 6.07 Å². The zero-order valence-electron chi connectivity index (χ0n) is 16.8. The van der Waals surface area contributed by atoms with E-state index in [-0.39, 0.29) is 36.4 Å². The first-order chi connectivity index (χ1) is 15.0. The van der Waals surface area contributed by atoms with Crippen LogP contribution in [0.5, 0.6) is 0 Å². The van der Waals surface area contributed by atoms with Gasteiger partial charge in [0.05, 0.1) is 29.8 Å². The molecule has 6 rings (SSSR count). The fourth-order valence-corrected chi connectivity index (χ4v) is 5.18. The number of rotatable bonds is 7. The average Bonchev–Trinajstić information content (AvgIpc) is 3.07. The Hall–Kier alpha value is -2.17. The molecule has 1 aromatic heterocycles. The van der Waals surface area contributed by atoms with Crippen molar-refractivity contribution in [2.24, 2.45) is 0 Å². The molecule has 2 aromatic rings. The van der Waals surface area contributed by atoms with Crippen LogP contribution in [0.25, 0.3) is 11.3 Å². The first-order valence-electron chi connectivity index (χ1n) is 10.2. The third-order valence-corrected chi connectivity index (χ3v) is 6.78. The molecule has 0 spiro atoms. The Bertz CT molecular complexity index is 1030. The summed E-state index contributed by atoms with van der Waals surface area (Å²) >= 11 is 5.80.